The molecule has 2 rings (SSSR count). The third-order valence-corrected chi connectivity index (χ3v) is 2.94. The Morgan fingerprint density at radius 1 is 1.50 bits per heavy atom. The normalized spacial score (nSPS) is 19.0. The van der Waals surface area contributed by atoms with Gasteiger partial charge in [0.15, 0.2) is 0 Å². The fraction of sp³-hybridized carbons (Fsp3) is 0.636. The third kappa shape index (κ3) is 2.36. The highest BCUT2D eigenvalue weighted by atomic mass is 16.3. The number of piperidine rings is 1. The Labute approximate surface area is 85.1 Å². The van der Waals surface area contributed by atoms with Gasteiger partial charge in [0, 0.05) is 18.2 Å². The standard InChI is InChI=1S/C11H18N2O/c1-13(8-10-4-7-14-9-10)11-2-5-12-6-3-11/h4,7,9,11-12H,2-3,5-6,8H2,1H3. The molecule has 3 heteroatoms. The third-order valence-electron chi connectivity index (χ3n) is 2.94. The number of hydrogen-bond acceptors (Lipinski definition) is 3. The maximum atomic E-state index is 5.06. The average Bonchev–Trinajstić information content (AvgIpc) is 2.72. The van der Waals surface area contributed by atoms with Crippen molar-refractivity contribution in [3.05, 3.63) is 24.2 Å². The summed E-state index contributed by atoms with van der Waals surface area (Å²) in [6.07, 6.45) is 6.09. The molecule has 0 amide bonds. The second-order valence-electron chi connectivity index (χ2n) is 4.03. The van der Waals surface area contributed by atoms with Crippen LogP contribution in [0.4, 0.5) is 0 Å². The van der Waals surface area contributed by atoms with Crippen molar-refractivity contribution in [3.63, 3.8) is 0 Å². The summed E-state index contributed by atoms with van der Waals surface area (Å²) in [6, 6.07) is 2.77. The van der Waals surface area contributed by atoms with Crippen molar-refractivity contribution in [2.75, 3.05) is 20.1 Å². The van der Waals surface area contributed by atoms with Crippen molar-refractivity contribution < 1.29 is 4.42 Å². The molecule has 78 valence electrons. The molecule has 0 saturated carbocycles. The summed E-state index contributed by atoms with van der Waals surface area (Å²) in [5, 5.41) is 3.38. The lowest BCUT2D eigenvalue weighted by Crippen LogP contribution is -2.40. The molecule has 0 aromatic carbocycles. The first-order valence-electron chi connectivity index (χ1n) is 5.28. The Morgan fingerprint density at radius 2 is 2.29 bits per heavy atom. The quantitative estimate of drug-likeness (QED) is 0.789. The van der Waals surface area contributed by atoms with Gasteiger partial charge in [-0.25, -0.2) is 0 Å². The molecule has 0 bridgehead atoms. The van der Waals surface area contributed by atoms with Gasteiger partial charge >= 0.3 is 0 Å². The second kappa shape index (κ2) is 4.62. The number of nitrogens with zero attached hydrogens (tertiary/aromatic N) is 1. The first-order valence-corrected chi connectivity index (χ1v) is 5.28. The lowest BCUT2D eigenvalue weighted by Gasteiger charge is -2.31. The Kier molecular flexibility index (Phi) is 3.22. The fourth-order valence-corrected chi connectivity index (χ4v) is 2.05. The van der Waals surface area contributed by atoms with Gasteiger partial charge in [-0.05, 0) is 39.0 Å². The van der Waals surface area contributed by atoms with Crippen LogP contribution in [0.5, 0.6) is 0 Å². The maximum absolute atomic E-state index is 5.06. The zero-order valence-electron chi connectivity index (χ0n) is 8.70. The van der Waals surface area contributed by atoms with Crippen molar-refractivity contribution >= 4 is 0 Å². The number of hydrogen-bond donors (Lipinski definition) is 1. The molecule has 1 N–H and O–H groups in total. The van der Waals surface area contributed by atoms with Gasteiger partial charge in [-0.15, -0.1) is 0 Å². The van der Waals surface area contributed by atoms with Crippen LogP contribution < -0.4 is 5.32 Å². The van der Waals surface area contributed by atoms with Crippen LogP contribution in [0.3, 0.4) is 0 Å². The minimum absolute atomic E-state index is 0.728. The Balaban J connectivity index is 1.85. The Morgan fingerprint density at radius 3 is 2.93 bits per heavy atom. The minimum Gasteiger partial charge on any atom is -0.472 e. The molecule has 3 nitrogen and oxygen atoms in total. The van der Waals surface area contributed by atoms with Crippen molar-refractivity contribution in [2.24, 2.45) is 0 Å². The zero-order valence-corrected chi connectivity index (χ0v) is 8.70. The SMILES string of the molecule is CN(Cc1ccoc1)C1CCNCC1. The lowest BCUT2D eigenvalue weighted by atomic mass is 10.1. The molecular weight excluding hydrogens is 176 g/mol. The molecule has 0 spiro atoms. The highest BCUT2D eigenvalue weighted by Gasteiger charge is 2.17. The molecule has 2 heterocycles. The molecule has 0 atom stereocenters. The van der Waals surface area contributed by atoms with Crippen LogP contribution in [-0.4, -0.2) is 31.1 Å². The molecule has 0 unspecified atom stereocenters. The average molecular weight is 194 g/mol. The number of nitrogens with one attached hydrogen (secondary N) is 1. The van der Waals surface area contributed by atoms with E-state index < -0.39 is 0 Å². The van der Waals surface area contributed by atoms with Gasteiger partial charge in [-0.2, -0.15) is 0 Å². The second-order valence-corrected chi connectivity index (χ2v) is 4.03. The van der Waals surface area contributed by atoms with Gasteiger partial charge < -0.3 is 9.73 Å². The summed E-state index contributed by atoms with van der Waals surface area (Å²) in [5.74, 6) is 0. The van der Waals surface area contributed by atoms with Crippen molar-refractivity contribution in [1.29, 1.82) is 0 Å². The predicted molar refractivity (Wildman–Crippen MR) is 56.1 cm³/mol. The van der Waals surface area contributed by atoms with E-state index in [-0.39, 0.29) is 0 Å². The van der Waals surface area contributed by atoms with E-state index in [0.717, 1.165) is 25.7 Å². The predicted octanol–water partition coefficient (Wildman–Crippen LogP) is 1.46. The van der Waals surface area contributed by atoms with Crippen molar-refractivity contribution in [3.8, 4) is 0 Å². The van der Waals surface area contributed by atoms with E-state index in [4.69, 9.17) is 4.42 Å². The van der Waals surface area contributed by atoms with Gasteiger partial charge in [0.2, 0.25) is 0 Å². The van der Waals surface area contributed by atoms with Crippen LogP contribution in [0, 0.1) is 0 Å². The topological polar surface area (TPSA) is 28.4 Å². The summed E-state index contributed by atoms with van der Waals surface area (Å²) in [4.78, 5) is 2.42. The highest BCUT2D eigenvalue weighted by molar-refractivity contribution is 5.05. The molecule has 1 saturated heterocycles. The lowest BCUT2D eigenvalue weighted by molar-refractivity contribution is 0.191. The van der Waals surface area contributed by atoms with Gasteiger partial charge in [-0.1, -0.05) is 0 Å². The van der Waals surface area contributed by atoms with Crippen LogP contribution in [-0.2, 0) is 6.54 Å². The smallest absolute Gasteiger partial charge is 0.0947 e. The summed E-state index contributed by atoms with van der Waals surface area (Å²) in [6.45, 7) is 3.31. The van der Waals surface area contributed by atoms with E-state index >= 15 is 0 Å². The monoisotopic (exact) mass is 194 g/mol. The van der Waals surface area contributed by atoms with Crippen LogP contribution in [0.2, 0.25) is 0 Å². The molecule has 14 heavy (non-hydrogen) atoms. The minimum atomic E-state index is 0.728. The van der Waals surface area contributed by atoms with E-state index in [1.165, 1.54) is 18.4 Å². The van der Waals surface area contributed by atoms with Crippen LogP contribution in [0.1, 0.15) is 18.4 Å². The molecule has 0 radical (unpaired) electrons. The molecule has 1 aliphatic rings. The zero-order chi connectivity index (χ0) is 9.80. The van der Waals surface area contributed by atoms with Crippen molar-refractivity contribution in [2.45, 2.75) is 25.4 Å². The Bertz CT molecular complexity index is 252. The number of furan rings is 1. The molecule has 1 aromatic rings. The molecule has 1 aliphatic heterocycles. The molecule has 1 aromatic heterocycles. The van der Waals surface area contributed by atoms with Gasteiger partial charge in [0.05, 0.1) is 12.5 Å². The van der Waals surface area contributed by atoms with E-state index in [1.807, 2.05) is 12.3 Å². The first kappa shape index (κ1) is 9.74. The van der Waals surface area contributed by atoms with E-state index in [0.29, 0.717) is 0 Å². The summed E-state index contributed by atoms with van der Waals surface area (Å²) in [5.41, 5.74) is 1.27. The summed E-state index contributed by atoms with van der Waals surface area (Å²) >= 11 is 0. The summed E-state index contributed by atoms with van der Waals surface area (Å²) in [7, 11) is 2.20. The van der Waals surface area contributed by atoms with Gasteiger partial charge in [0.25, 0.3) is 0 Å². The van der Waals surface area contributed by atoms with Crippen LogP contribution >= 0.6 is 0 Å². The van der Waals surface area contributed by atoms with E-state index in [9.17, 15) is 0 Å². The first-order chi connectivity index (χ1) is 6.86. The van der Waals surface area contributed by atoms with Gasteiger partial charge in [0.1, 0.15) is 0 Å². The summed E-state index contributed by atoms with van der Waals surface area (Å²) < 4.78 is 5.06. The fourth-order valence-electron chi connectivity index (χ4n) is 2.05. The van der Waals surface area contributed by atoms with Crippen molar-refractivity contribution in [1.82, 2.24) is 10.2 Å². The molecule has 1 fully saturated rings. The highest BCUT2D eigenvalue weighted by Crippen LogP contribution is 2.13. The van der Waals surface area contributed by atoms with E-state index in [2.05, 4.69) is 17.3 Å². The van der Waals surface area contributed by atoms with Crippen LogP contribution in [0.25, 0.3) is 0 Å². The van der Waals surface area contributed by atoms with Crippen LogP contribution in [0.15, 0.2) is 23.0 Å². The molecule has 0 aliphatic carbocycles. The maximum Gasteiger partial charge on any atom is 0.0947 e. The largest absolute Gasteiger partial charge is 0.472 e. The molecular formula is C11H18N2O. The Hall–Kier alpha value is -0.800. The van der Waals surface area contributed by atoms with Gasteiger partial charge in [-0.3, -0.25) is 4.90 Å². The van der Waals surface area contributed by atoms with E-state index in [1.54, 1.807) is 6.26 Å². The number of rotatable bonds is 3.